The van der Waals surface area contributed by atoms with Crippen LogP contribution in [0.15, 0.2) is 12.2 Å². The summed E-state index contributed by atoms with van der Waals surface area (Å²) in [6, 6.07) is 0. The highest BCUT2D eigenvalue weighted by Crippen LogP contribution is 2.46. The maximum Gasteiger partial charge on any atom is 0.0777 e. The fraction of sp³-hybridized carbons (Fsp3) is 0.917. The van der Waals surface area contributed by atoms with Crippen molar-refractivity contribution in [2.75, 3.05) is 0 Å². The Bertz CT molecular complexity index is 397. The van der Waals surface area contributed by atoms with Crippen LogP contribution >= 0.6 is 0 Å². The van der Waals surface area contributed by atoms with Crippen molar-refractivity contribution >= 4 is 0 Å². The molecule has 0 bridgehead atoms. The highest BCUT2D eigenvalue weighted by Gasteiger charge is 2.39. The first-order chi connectivity index (χ1) is 12.6. The summed E-state index contributed by atoms with van der Waals surface area (Å²) in [5.41, 5.74) is 0.138. The fourth-order valence-electron chi connectivity index (χ4n) is 5.46. The van der Waals surface area contributed by atoms with Gasteiger partial charge in [-0.2, -0.15) is 0 Å². The molecule has 0 aromatic carbocycles. The van der Waals surface area contributed by atoms with Gasteiger partial charge in [0.25, 0.3) is 0 Å². The van der Waals surface area contributed by atoms with Crippen LogP contribution in [0.25, 0.3) is 0 Å². The Balaban J connectivity index is 1.87. The maximum absolute atomic E-state index is 11.0. The molecule has 0 heterocycles. The van der Waals surface area contributed by atoms with Gasteiger partial charge in [-0.15, -0.1) is 0 Å². The van der Waals surface area contributed by atoms with Gasteiger partial charge in [-0.25, -0.2) is 0 Å². The normalized spacial score (nSPS) is 29.6. The predicted octanol–water partition coefficient (Wildman–Crippen LogP) is 6.40. The molecule has 26 heavy (non-hydrogen) atoms. The lowest BCUT2D eigenvalue weighted by atomic mass is 9.75. The van der Waals surface area contributed by atoms with Crippen LogP contribution in [0.2, 0.25) is 0 Å². The topological polar surface area (TPSA) is 40.5 Å². The van der Waals surface area contributed by atoms with Gasteiger partial charge in [0.15, 0.2) is 0 Å². The molecule has 2 nitrogen and oxygen atoms in total. The van der Waals surface area contributed by atoms with Gasteiger partial charge < -0.3 is 10.2 Å². The number of aliphatic hydroxyl groups excluding tert-OH is 2. The van der Waals surface area contributed by atoms with E-state index in [1.807, 2.05) is 0 Å². The third-order valence-electron chi connectivity index (χ3n) is 7.28. The number of aliphatic hydroxyl groups is 2. The molecular formula is C24H44O2. The van der Waals surface area contributed by atoms with Crippen molar-refractivity contribution in [1.82, 2.24) is 0 Å². The second kappa shape index (κ2) is 11.5. The van der Waals surface area contributed by atoms with Crippen LogP contribution in [0.1, 0.15) is 110 Å². The van der Waals surface area contributed by atoms with Crippen molar-refractivity contribution in [3.63, 3.8) is 0 Å². The first-order valence-corrected chi connectivity index (χ1v) is 11.7. The highest BCUT2D eigenvalue weighted by atomic mass is 16.3. The van der Waals surface area contributed by atoms with Gasteiger partial charge in [0.2, 0.25) is 0 Å². The van der Waals surface area contributed by atoms with Gasteiger partial charge in [0.1, 0.15) is 0 Å². The number of allylic oxidation sites excluding steroid dienone is 1. The molecule has 2 aliphatic rings. The predicted molar refractivity (Wildman–Crippen MR) is 111 cm³/mol. The Hall–Kier alpha value is -0.340. The summed E-state index contributed by atoms with van der Waals surface area (Å²) in [7, 11) is 0. The Labute approximate surface area is 162 Å². The zero-order chi connectivity index (χ0) is 18.8. The minimum absolute atomic E-state index is 0.131. The van der Waals surface area contributed by atoms with Gasteiger partial charge in [-0.1, -0.05) is 83.8 Å². The molecule has 152 valence electrons. The van der Waals surface area contributed by atoms with Crippen molar-refractivity contribution in [1.29, 1.82) is 0 Å². The molecule has 2 N–H and O–H groups in total. The molecule has 2 saturated carbocycles. The Morgan fingerprint density at radius 2 is 1.65 bits per heavy atom. The molecule has 0 aliphatic heterocycles. The second-order valence-electron chi connectivity index (χ2n) is 9.18. The smallest absolute Gasteiger partial charge is 0.0777 e. The molecule has 2 fully saturated rings. The van der Waals surface area contributed by atoms with E-state index in [9.17, 15) is 10.2 Å². The molecule has 0 aromatic rings. The minimum atomic E-state index is -0.292. The van der Waals surface area contributed by atoms with Crippen molar-refractivity contribution in [2.24, 2.45) is 17.3 Å². The van der Waals surface area contributed by atoms with E-state index in [0.29, 0.717) is 11.8 Å². The lowest BCUT2D eigenvalue weighted by Gasteiger charge is -2.33. The van der Waals surface area contributed by atoms with E-state index in [2.05, 4.69) is 26.0 Å². The van der Waals surface area contributed by atoms with Crippen molar-refractivity contribution < 1.29 is 10.2 Å². The molecule has 0 amide bonds. The van der Waals surface area contributed by atoms with E-state index in [1.165, 1.54) is 77.0 Å². The van der Waals surface area contributed by atoms with E-state index < -0.39 is 0 Å². The van der Waals surface area contributed by atoms with Gasteiger partial charge in [0, 0.05) is 0 Å². The van der Waals surface area contributed by atoms with Gasteiger partial charge in [0.05, 0.1) is 12.2 Å². The van der Waals surface area contributed by atoms with Crippen LogP contribution in [0, 0.1) is 17.3 Å². The van der Waals surface area contributed by atoms with E-state index in [4.69, 9.17) is 0 Å². The summed E-state index contributed by atoms with van der Waals surface area (Å²) in [6.45, 7) is 4.50. The van der Waals surface area contributed by atoms with Gasteiger partial charge in [-0.05, 0) is 55.8 Å². The van der Waals surface area contributed by atoms with E-state index in [-0.39, 0.29) is 17.6 Å². The van der Waals surface area contributed by atoms with Crippen LogP contribution in [-0.4, -0.2) is 22.4 Å². The van der Waals surface area contributed by atoms with E-state index in [1.54, 1.807) is 0 Å². The third-order valence-corrected chi connectivity index (χ3v) is 7.28. The first kappa shape index (κ1) is 22.0. The van der Waals surface area contributed by atoms with Crippen LogP contribution in [0.4, 0.5) is 0 Å². The SMILES string of the molecule is CCCCCCC[C@H]1[C@@H](O)CC[C@@H]1/C=C/C(O)C1(CCCC)CCCC1. The summed E-state index contributed by atoms with van der Waals surface area (Å²) in [6.07, 6.45) is 22.2. The third kappa shape index (κ3) is 6.09. The lowest BCUT2D eigenvalue weighted by molar-refractivity contribution is 0.0557. The Kier molecular flexibility index (Phi) is 9.70. The molecule has 2 aliphatic carbocycles. The number of unbranched alkanes of at least 4 members (excludes halogenated alkanes) is 5. The van der Waals surface area contributed by atoms with Crippen molar-refractivity contribution in [3.05, 3.63) is 12.2 Å². The summed E-state index contributed by atoms with van der Waals surface area (Å²) in [5.74, 6) is 0.880. The number of hydrogen-bond donors (Lipinski definition) is 2. The minimum Gasteiger partial charge on any atom is -0.393 e. The first-order valence-electron chi connectivity index (χ1n) is 11.7. The average molecular weight is 365 g/mol. The molecule has 0 aromatic heterocycles. The summed E-state index contributed by atoms with van der Waals surface area (Å²) >= 11 is 0. The zero-order valence-electron chi connectivity index (χ0n) is 17.5. The Morgan fingerprint density at radius 3 is 2.35 bits per heavy atom. The molecule has 0 spiro atoms. The van der Waals surface area contributed by atoms with E-state index in [0.717, 1.165) is 19.3 Å². The standard InChI is InChI=1S/C24H44O2/c1-3-5-7-8-9-12-21-20(13-15-22(21)25)14-16-23(26)24(17-6-4-2)18-10-11-19-24/h14,16,20-23,25-26H,3-13,15,17-19H2,1-2H3/b16-14+/t20-,21-,22+,23?/m1/s1. The molecule has 0 saturated heterocycles. The molecule has 0 radical (unpaired) electrons. The maximum atomic E-state index is 11.0. The van der Waals surface area contributed by atoms with E-state index >= 15 is 0 Å². The van der Waals surface area contributed by atoms with Crippen LogP contribution in [-0.2, 0) is 0 Å². The average Bonchev–Trinajstić information content (AvgIpc) is 3.26. The van der Waals surface area contributed by atoms with Crippen molar-refractivity contribution in [2.45, 2.75) is 122 Å². The molecule has 2 rings (SSSR count). The number of rotatable bonds is 12. The van der Waals surface area contributed by atoms with Crippen molar-refractivity contribution in [3.8, 4) is 0 Å². The summed E-state index contributed by atoms with van der Waals surface area (Å²) < 4.78 is 0. The number of hydrogen-bond acceptors (Lipinski definition) is 2. The zero-order valence-corrected chi connectivity index (χ0v) is 17.5. The summed E-state index contributed by atoms with van der Waals surface area (Å²) in [4.78, 5) is 0. The quantitative estimate of drug-likeness (QED) is 0.310. The molecule has 4 atom stereocenters. The van der Waals surface area contributed by atoms with Crippen LogP contribution < -0.4 is 0 Å². The second-order valence-corrected chi connectivity index (χ2v) is 9.18. The molecule has 2 heteroatoms. The fourth-order valence-corrected chi connectivity index (χ4v) is 5.46. The monoisotopic (exact) mass is 364 g/mol. The largest absolute Gasteiger partial charge is 0.393 e. The van der Waals surface area contributed by atoms with Gasteiger partial charge in [-0.3, -0.25) is 0 Å². The molecule has 1 unspecified atom stereocenters. The van der Waals surface area contributed by atoms with Crippen LogP contribution in [0.3, 0.4) is 0 Å². The van der Waals surface area contributed by atoms with Crippen LogP contribution in [0.5, 0.6) is 0 Å². The molecular weight excluding hydrogens is 320 g/mol. The lowest BCUT2D eigenvalue weighted by Crippen LogP contribution is -2.31. The van der Waals surface area contributed by atoms with Gasteiger partial charge >= 0.3 is 0 Å². The Morgan fingerprint density at radius 1 is 0.962 bits per heavy atom. The highest BCUT2D eigenvalue weighted by molar-refractivity contribution is 5.06. The summed E-state index contributed by atoms with van der Waals surface area (Å²) in [5, 5.41) is 21.4.